The number of hydrogen-bond acceptors (Lipinski definition) is 3. The topological polar surface area (TPSA) is 70.7 Å². The van der Waals surface area contributed by atoms with Gasteiger partial charge in [0.2, 0.25) is 0 Å². The molecule has 1 aliphatic rings. The molecule has 0 radical (unpaired) electrons. The van der Waals surface area contributed by atoms with Gasteiger partial charge in [0, 0.05) is 16.4 Å². The fourth-order valence-electron chi connectivity index (χ4n) is 2.41. The van der Waals surface area contributed by atoms with Crippen molar-refractivity contribution in [3.63, 3.8) is 0 Å². The van der Waals surface area contributed by atoms with Crippen LogP contribution in [0.2, 0.25) is 5.02 Å². The number of benzene rings is 2. The molecule has 3 rings (SSSR count). The van der Waals surface area contributed by atoms with Gasteiger partial charge in [0.25, 0.3) is 0 Å². The number of ether oxygens (including phenoxy) is 1. The van der Waals surface area contributed by atoms with E-state index in [0.717, 1.165) is 0 Å². The Balaban J connectivity index is 1.51. The minimum Gasteiger partial charge on any atom is -0.442 e. The molecule has 1 fully saturated rings. The maximum atomic E-state index is 13.0. The van der Waals surface area contributed by atoms with E-state index in [9.17, 15) is 14.0 Å². The van der Waals surface area contributed by atoms with Crippen molar-refractivity contribution >= 4 is 35.1 Å². The summed E-state index contributed by atoms with van der Waals surface area (Å²) in [6.45, 7) is 0.414. The highest BCUT2D eigenvalue weighted by molar-refractivity contribution is 6.30. The van der Waals surface area contributed by atoms with E-state index in [1.165, 1.54) is 29.2 Å². The normalized spacial score (nSPS) is 16.5. The standard InChI is InChI=1S/C17H15ClFN3O3/c18-11-2-1-3-13(8-11)21-16(23)20-9-15-10-22(17(24)25-15)14-6-4-12(19)5-7-14/h1-8,15H,9-10H2,(H2,20,21,23). The molecule has 8 heteroatoms. The van der Waals surface area contributed by atoms with Crippen molar-refractivity contribution in [3.8, 4) is 0 Å². The quantitative estimate of drug-likeness (QED) is 0.871. The average molecular weight is 364 g/mol. The van der Waals surface area contributed by atoms with Crippen LogP contribution in [0.5, 0.6) is 0 Å². The number of cyclic esters (lactones) is 1. The average Bonchev–Trinajstić information content (AvgIpc) is 2.95. The van der Waals surface area contributed by atoms with Crippen LogP contribution in [0.25, 0.3) is 0 Å². The molecule has 2 N–H and O–H groups in total. The van der Waals surface area contributed by atoms with E-state index < -0.39 is 18.2 Å². The summed E-state index contributed by atoms with van der Waals surface area (Å²) in [6, 6.07) is 11.8. The Morgan fingerprint density at radius 1 is 1.28 bits per heavy atom. The molecule has 0 saturated carbocycles. The molecule has 2 aromatic carbocycles. The van der Waals surface area contributed by atoms with Crippen molar-refractivity contribution < 1.29 is 18.7 Å². The Morgan fingerprint density at radius 2 is 2.04 bits per heavy atom. The first-order valence-electron chi connectivity index (χ1n) is 7.55. The number of hydrogen-bond donors (Lipinski definition) is 2. The molecule has 6 nitrogen and oxygen atoms in total. The number of nitrogens with one attached hydrogen (secondary N) is 2. The molecular formula is C17H15ClFN3O3. The molecule has 1 unspecified atom stereocenters. The molecule has 1 atom stereocenters. The van der Waals surface area contributed by atoms with Gasteiger partial charge < -0.3 is 15.4 Å². The van der Waals surface area contributed by atoms with Crippen molar-refractivity contribution in [2.24, 2.45) is 0 Å². The van der Waals surface area contributed by atoms with E-state index in [4.69, 9.17) is 16.3 Å². The molecule has 0 bridgehead atoms. The first-order chi connectivity index (χ1) is 12.0. The van der Waals surface area contributed by atoms with E-state index in [1.54, 1.807) is 24.3 Å². The molecule has 1 aliphatic heterocycles. The Labute approximate surface area is 148 Å². The highest BCUT2D eigenvalue weighted by atomic mass is 35.5. The predicted octanol–water partition coefficient (Wildman–Crippen LogP) is 3.63. The summed E-state index contributed by atoms with van der Waals surface area (Å²) in [7, 11) is 0. The number of nitrogens with zero attached hydrogens (tertiary/aromatic N) is 1. The van der Waals surface area contributed by atoms with Crippen LogP contribution in [-0.4, -0.2) is 31.3 Å². The van der Waals surface area contributed by atoms with Crippen molar-refractivity contribution in [1.29, 1.82) is 0 Å². The minimum absolute atomic E-state index is 0.149. The summed E-state index contributed by atoms with van der Waals surface area (Å²) < 4.78 is 18.2. The van der Waals surface area contributed by atoms with Gasteiger partial charge in [-0.1, -0.05) is 17.7 Å². The van der Waals surface area contributed by atoms with Gasteiger partial charge in [-0.15, -0.1) is 0 Å². The summed E-state index contributed by atoms with van der Waals surface area (Å²) in [5.41, 5.74) is 1.10. The van der Waals surface area contributed by atoms with Gasteiger partial charge in [-0.05, 0) is 42.5 Å². The first kappa shape index (κ1) is 17.0. The van der Waals surface area contributed by atoms with Gasteiger partial charge in [-0.2, -0.15) is 0 Å². The molecule has 0 aliphatic carbocycles. The van der Waals surface area contributed by atoms with E-state index in [2.05, 4.69) is 10.6 Å². The lowest BCUT2D eigenvalue weighted by atomic mass is 10.2. The lowest BCUT2D eigenvalue weighted by Crippen LogP contribution is -2.37. The first-order valence-corrected chi connectivity index (χ1v) is 7.93. The maximum Gasteiger partial charge on any atom is 0.414 e. The lowest BCUT2D eigenvalue weighted by Gasteiger charge is -2.13. The third kappa shape index (κ3) is 4.39. The number of carbonyl (C=O) groups is 2. The van der Waals surface area contributed by atoms with Crippen molar-refractivity contribution in [2.45, 2.75) is 6.10 Å². The number of anilines is 2. The second kappa shape index (κ2) is 7.40. The molecular weight excluding hydrogens is 349 g/mol. The van der Waals surface area contributed by atoms with E-state index in [0.29, 0.717) is 16.4 Å². The smallest absolute Gasteiger partial charge is 0.414 e. The highest BCUT2D eigenvalue weighted by Gasteiger charge is 2.32. The van der Waals surface area contributed by atoms with Gasteiger partial charge in [0.05, 0.1) is 13.1 Å². The van der Waals surface area contributed by atoms with Gasteiger partial charge in [0.1, 0.15) is 11.9 Å². The van der Waals surface area contributed by atoms with Crippen LogP contribution in [0, 0.1) is 5.82 Å². The van der Waals surface area contributed by atoms with Crippen LogP contribution >= 0.6 is 11.6 Å². The predicted molar refractivity (Wildman–Crippen MR) is 92.5 cm³/mol. The second-order valence-electron chi connectivity index (χ2n) is 5.44. The van der Waals surface area contributed by atoms with Crippen molar-refractivity contribution in [2.75, 3.05) is 23.3 Å². The number of amides is 3. The number of carbonyl (C=O) groups excluding carboxylic acids is 2. The molecule has 1 saturated heterocycles. The third-order valence-corrected chi connectivity index (χ3v) is 3.82. The molecule has 2 aromatic rings. The third-order valence-electron chi connectivity index (χ3n) is 3.59. The van der Waals surface area contributed by atoms with Crippen LogP contribution in [0.15, 0.2) is 48.5 Å². The summed E-state index contributed by atoms with van der Waals surface area (Å²) in [5, 5.41) is 5.79. The molecule has 25 heavy (non-hydrogen) atoms. The monoisotopic (exact) mass is 363 g/mol. The summed E-state index contributed by atoms with van der Waals surface area (Å²) in [4.78, 5) is 25.2. The zero-order valence-corrected chi connectivity index (χ0v) is 13.8. The van der Waals surface area contributed by atoms with Crippen LogP contribution in [0.4, 0.5) is 25.4 Å². The van der Waals surface area contributed by atoms with Crippen LogP contribution < -0.4 is 15.5 Å². The molecule has 0 spiro atoms. The molecule has 1 heterocycles. The van der Waals surface area contributed by atoms with E-state index in [-0.39, 0.29) is 18.9 Å². The van der Waals surface area contributed by atoms with Crippen LogP contribution in [0.1, 0.15) is 0 Å². The highest BCUT2D eigenvalue weighted by Crippen LogP contribution is 2.21. The van der Waals surface area contributed by atoms with Crippen molar-refractivity contribution in [1.82, 2.24) is 5.32 Å². The van der Waals surface area contributed by atoms with Crippen LogP contribution in [0.3, 0.4) is 0 Å². The maximum absolute atomic E-state index is 13.0. The lowest BCUT2D eigenvalue weighted by molar-refractivity contribution is 0.141. The largest absolute Gasteiger partial charge is 0.442 e. The summed E-state index contributed by atoms with van der Waals surface area (Å²) in [6.07, 6.45) is -1.03. The van der Waals surface area contributed by atoms with Gasteiger partial charge >= 0.3 is 12.1 Å². The Bertz CT molecular complexity index is 785. The van der Waals surface area contributed by atoms with Crippen LogP contribution in [-0.2, 0) is 4.74 Å². The van der Waals surface area contributed by atoms with Gasteiger partial charge in [-0.25, -0.2) is 14.0 Å². The molecule has 3 amide bonds. The summed E-state index contributed by atoms with van der Waals surface area (Å²) >= 11 is 5.85. The number of urea groups is 1. The van der Waals surface area contributed by atoms with Crippen molar-refractivity contribution in [3.05, 3.63) is 59.4 Å². The fourth-order valence-corrected chi connectivity index (χ4v) is 2.60. The van der Waals surface area contributed by atoms with Gasteiger partial charge in [0.15, 0.2) is 0 Å². The second-order valence-corrected chi connectivity index (χ2v) is 5.87. The SMILES string of the molecule is O=C(NCC1CN(c2ccc(F)cc2)C(=O)O1)Nc1cccc(Cl)c1. The zero-order chi connectivity index (χ0) is 17.8. The fraction of sp³-hybridized carbons (Fsp3) is 0.176. The van der Waals surface area contributed by atoms with E-state index >= 15 is 0 Å². The Hall–Kier alpha value is -2.80. The zero-order valence-electron chi connectivity index (χ0n) is 13.0. The van der Waals surface area contributed by atoms with E-state index in [1.807, 2.05) is 0 Å². The number of rotatable bonds is 4. The number of halogens is 2. The Morgan fingerprint density at radius 3 is 2.76 bits per heavy atom. The summed E-state index contributed by atoms with van der Waals surface area (Å²) in [5.74, 6) is -0.382. The molecule has 0 aromatic heterocycles. The minimum atomic E-state index is -0.534. The van der Waals surface area contributed by atoms with Gasteiger partial charge in [-0.3, -0.25) is 4.90 Å². The molecule has 130 valence electrons. The Kier molecular flexibility index (Phi) is 5.04.